The first-order valence-corrected chi connectivity index (χ1v) is 2.51. The van der Waals surface area contributed by atoms with Crippen LogP contribution in [0.4, 0.5) is 0 Å². The van der Waals surface area contributed by atoms with Crippen LogP contribution in [0.1, 0.15) is 6.92 Å². The van der Waals surface area contributed by atoms with E-state index in [1.54, 1.807) is 0 Å². The van der Waals surface area contributed by atoms with Crippen molar-refractivity contribution in [1.82, 2.24) is 10.6 Å². The van der Waals surface area contributed by atoms with Crippen molar-refractivity contribution >= 4 is 0 Å². The first-order valence-electron chi connectivity index (χ1n) is 2.51. The molecule has 7 heteroatoms. The minimum absolute atomic E-state index is 0.0531. The zero-order valence-electron chi connectivity index (χ0n) is 5.64. The van der Waals surface area contributed by atoms with E-state index in [9.17, 15) is 10.4 Å². The van der Waals surface area contributed by atoms with Gasteiger partial charge in [-0.25, -0.2) is 5.23 Å². The number of hydrogen-bond donors (Lipinski definition) is 0. The van der Waals surface area contributed by atoms with Crippen molar-refractivity contribution in [3.8, 4) is 0 Å². The maximum Gasteiger partial charge on any atom is 0.0591 e. The summed E-state index contributed by atoms with van der Waals surface area (Å²) in [6.45, 7) is 1.58. The lowest BCUT2D eigenvalue weighted by atomic mass is 10.8. The minimum Gasteiger partial charge on any atom is -0.760 e. The molecule has 62 valence electrons. The molecule has 0 heterocycles. The van der Waals surface area contributed by atoms with E-state index in [4.69, 9.17) is 0 Å². The van der Waals surface area contributed by atoms with Gasteiger partial charge in [0.15, 0.2) is 0 Å². The molecule has 0 aromatic rings. The second kappa shape index (κ2) is 5.50. The second-order valence-corrected chi connectivity index (χ2v) is 1.20. The maximum absolute atomic E-state index is 10.2. The Hall–Kier alpha value is -0.280. The fraction of sp³-hybridized carbons (Fsp3) is 1.00. The minimum atomic E-state index is -0.347. The van der Waals surface area contributed by atoms with Crippen LogP contribution in [0.15, 0.2) is 0 Å². The van der Waals surface area contributed by atoms with Gasteiger partial charge in [0, 0.05) is 6.54 Å². The molecule has 0 atom stereocenters. The van der Waals surface area contributed by atoms with E-state index in [1.807, 2.05) is 0 Å². The molecular formula is C3H8N2O5-2. The van der Waals surface area contributed by atoms with Crippen molar-refractivity contribution in [2.45, 2.75) is 6.92 Å². The Morgan fingerprint density at radius 2 is 1.90 bits per heavy atom. The van der Waals surface area contributed by atoms with E-state index in [0.717, 1.165) is 7.11 Å². The quantitative estimate of drug-likeness (QED) is 0.403. The van der Waals surface area contributed by atoms with E-state index in [1.165, 1.54) is 6.92 Å². The Morgan fingerprint density at radius 3 is 2.30 bits per heavy atom. The van der Waals surface area contributed by atoms with Gasteiger partial charge in [-0.1, -0.05) is 12.3 Å². The molecule has 0 aromatic heterocycles. The Morgan fingerprint density at radius 1 is 1.30 bits per heavy atom. The maximum atomic E-state index is 10.2. The fourth-order valence-electron chi connectivity index (χ4n) is 0.148. The van der Waals surface area contributed by atoms with Crippen LogP contribution in [0.25, 0.3) is 0 Å². The van der Waals surface area contributed by atoms with Crippen LogP contribution in [0, 0.1) is 10.4 Å². The summed E-state index contributed by atoms with van der Waals surface area (Å²) in [5, 5.41) is 19.9. The molecule has 0 aliphatic carbocycles. The standard InChI is InChI=1S/C3H8N2O5/c1-3-4(6)9-10-5(7)8-2/h3H2,1-2H3/q-2. The monoisotopic (exact) mass is 152 g/mol. The van der Waals surface area contributed by atoms with Crippen molar-refractivity contribution < 1.29 is 14.8 Å². The summed E-state index contributed by atoms with van der Waals surface area (Å²) in [6, 6.07) is 0. The Labute approximate surface area is 57.6 Å². The normalized spacial score (nSPS) is 11.4. The summed E-state index contributed by atoms with van der Waals surface area (Å²) in [4.78, 5) is 11.4. The summed E-state index contributed by atoms with van der Waals surface area (Å²) in [6.07, 6.45) is 0. The predicted molar refractivity (Wildman–Crippen MR) is 30.1 cm³/mol. The highest BCUT2D eigenvalue weighted by atomic mass is 17.5. The molecule has 0 aliphatic heterocycles. The highest BCUT2D eigenvalue weighted by Crippen LogP contribution is 1.91. The largest absolute Gasteiger partial charge is 0.760 e. The molecule has 0 aliphatic rings. The van der Waals surface area contributed by atoms with Gasteiger partial charge in [0.05, 0.1) is 7.11 Å². The van der Waals surface area contributed by atoms with Crippen molar-refractivity contribution in [2.75, 3.05) is 13.7 Å². The third kappa shape index (κ3) is 4.58. The summed E-state index contributed by atoms with van der Waals surface area (Å²) in [7, 11) is 1.07. The topological polar surface area (TPSA) is 80.3 Å². The van der Waals surface area contributed by atoms with Gasteiger partial charge in [0.25, 0.3) is 0 Å². The molecule has 10 heavy (non-hydrogen) atoms. The smallest absolute Gasteiger partial charge is 0.0591 e. The lowest BCUT2D eigenvalue weighted by Gasteiger charge is -2.27. The predicted octanol–water partition coefficient (Wildman–Crippen LogP) is -0.0545. The molecule has 0 fully saturated rings. The summed E-state index contributed by atoms with van der Waals surface area (Å²) < 4.78 is 0. The van der Waals surface area contributed by atoms with Crippen LogP contribution in [0.3, 0.4) is 0 Å². The van der Waals surface area contributed by atoms with Crippen molar-refractivity contribution in [3.05, 3.63) is 10.4 Å². The van der Waals surface area contributed by atoms with Gasteiger partial charge in [0.2, 0.25) is 0 Å². The van der Waals surface area contributed by atoms with Gasteiger partial charge in [-0.15, -0.1) is 9.98 Å². The van der Waals surface area contributed by atoms with E-state index >= 15 is 0 Å². The van der Waals surface area contributed by atoms with Gasteiger partial charge in [-0.05, 0) is 0 Å². The lowest BCUT2D eigenvalue weighted by Crippen LogP contribution is -2.23. The Balaban J connectivity index is 3.17. The highest BCUT2D eigenvalue weighted by Gasteiger charge is 1.89. The van der Waals surface area contributed by atoms with Crippen LogP contribution >= 0.6 is 0 Å². The lowest BCUT2D eigenvalue weighted by molar-refractivity contribution is -0.554. The van der Waals surface area contributed by atoms with E-state index in [-0.39, 0.29) is 17.2 Å². The number of hydroxylamine groups is 2. The fourth-order valence-corrected chi connectivity index (χ4v) is 0.148. The number of hydrogen-bond acceptors (Lipinski definition) is 7. The van der Waals surface area contributed by atoms with Crippen molar-refractivity contribution in [2.24, 2.45) is 0 Å². The van der Waals surface area contributed by atoms with Crippen LogP contribution in [0.2, 0.25) is 0 Å². The van der Waals surface area contributed by atoms with Crippen LogP contribution in [-0.4, -0.2) is 24.3 Å². The van der Waals surface area contributed by atoms with Gasteiger partial charge in [0.1, 0.15) is 0 Å². The van der Waals surface area contributed by atoms with Crippen molar-refractivity contribution in [3.63, 3.8) is 0 Å². The van der Waals surface area contributed by atoms with E-state index < -0.39 is 0 Å². The molecule has 0 N–H and O–H groups in total. The van der Waals surface area contributed by atoms with Gasteiger partial charge < -0.3 is 10.4 Å². The second-order valence-electron chi connectivity index (χ2n) is 1.20. The summed E-state index contributed by atoms with van der Waals surface area (Å²) in [5.74, 6) is 0. The molecule has 0 rings (SSSR count). The average molecular weight is 152 g/mol. The first kappa shape index (κ1) is 9.72. The first-order chi connectivity index (χ1) is 4.70. The van der Waals surface area contributed by atoms with Gasteiger partial charge in [-0.2, -0.15) is 0 Å². The number of nitrogens with zero attached hydrogens (tertiary/aromatic N) is 2. The zero-order chi connectivity index (χ0) is 7.98. The molecule has 0 unspecified atom stereocenters. The summed E-state index contributed by atoms with van der Waals surface area (Å²) >= 11 is 0. The molecule has 0 aromatic carbocycles. The van der Waals surface area contributed by atoms with Gasteiger partial charge >= 0.3 is 0 Å². The molecule has 0 bridgehead atoms. The average Bonchev–Trinajstić information content (AvgIpc) is 1.99. The highest BCUT2D eigenvalue weighted by molar-refractivity contribution is 4.30. The summed E-state index contributed by atoms with van der Waals surface area (Å²) in [5.41, 5.74) is 0. The SMILES string of the molecule is CCN([O-])OON([O-])OC. The molecular weight excluding hydrogens is 144 g/mol. The molecule has 0 radical (unpaired) electrons. The molecule has 0 spiro atoms. The third-order valence-electron chi connectivity index (χ3n) is 0.585. The molecule has 7 nitrogen and oxygen atoms in total. The number of rotatable bonds is 5. The van der Waals surface area contributed by atoms with E-state index in [2.05, 4.69) is 14.8 Å². The molecule has 0 saturated carbocycles. The van der Waals surface area contributed by atoms with Crippen LogP contribution in [0.5, 0.6) is 0 Å². The third-order valence-corrected chi connectivity index (χ3v) is 0.585. The van der Waals surface area contributed by atoms with Crippen LogP contribution in [-0.2, 0) is 14.8 Å². The molecule has 0 amide bonds. The Bertz CT molecular complexity index is 71.3. The van der Waals surface area contributed by atoms with Crippen molar-refractivity contribution in [1.29, 1.82) is 0 Å². The molecule has 0 saturated heterocycles. The van der Waals surface area contributed by atoms with E-state index in [0.29, 0.717) is 0 Å². The van der Waals surface area contributed by atoms with Crippen LogP contribution < -0.4 is 0 Å². The zero-order valence-corrected chi connectivity index (χ0v) is 5.64. The van der Waals surface area contributed by atoms with Gasteiger partial charge in [-0.3, -0.25) is 4.84 Å². The Kier molecular flexibility index (Phi) is 5.35.